The maximum absolute atomic E-state index is 12.8. The third-order valence-electron chi connectivity index (χ3n) is 5.17. The number of hydrogen-bond donors (Lipinski definition) is 2. The molecule has 2 aliphatic rings. The fraction of sp³-hybridized carbons (Fsp3) is 0.412. The molecule has 2 fully saturated rings. The topological polar surface area (TPSA) is 75.0 Å². The van der Waals surface area contributed by atoms with Crippen molar-refractivity contribution in [3.8, 4) is 11.3 Å². The number of nitrogens with one attached hydrogen (secondary N) is 1. The lowest BCUT2D eigenvalue weighted by atomic mass is 9.98. The Hall–Kier alpha value is -1.66. The summed E-state index contributed by atoms with van der Waals surface area (Å²) in [6.07, 6.45) is 2.22. The minimum absolute atomic E-state index is 0.00755. The highest BCUT2D eigenvalue weighted by molar-refractivity contribution is 9.10. The van der Waals surface area contributed by atoms with Gasteiger partial charge in [0, 0.05) is 24.7 Å². The van der Waals surface area contributed by atoms with Gasteiger partial charge in [0.1, 0.15) is 11.4 Å². The second-order valence-electron chi connectivity index (χ2n) is 6.50. The van der Waals surface area contributed by atoms with Crippen LogP contribution in [0.2, 0.25) is 0 Å². The van der Waals surface area contributed by atoms with Crippen molar-refractivity contribution in [1.29, 1.82) is 0 Å². The molecule has 1 aliphatic carbocycles. The summed E-state index contributed by atoms with van der Waals surface area (Å²) in [7, 11) is 0. The molecule has 1 saturated carbocycles. The van der Waals surface area contributed by atoms with Gasteiger partial charge in [0.25, 0.3) is 5.91 Å². The van der Waals surface area contributed by atoms with E-state index in [0.29, 0.717) is 17.5 Å². The summed E-state index contributed by atoms with van der Waals surface area (Å²) >= 11 is 3.54. The van der Waals surface area contributed by atoms with Crippen molar-refractivity contribution >= 4 is 21.8 Å². The summed E-state index contributed by atoms with van der Waals surface area (Å²) in [5, 5.41) is 7.23. The number of amides is 1. The normalized spacial score (nSPS) is 26.5. The number of aromatic amines is 1. The molecule has 3 unspecified atom stereocenters. The average molecular weight is 375 g/mol. The monoisotopic (exact) mass is 374 g/mol. The molecule has 1 aromatic carbocycles. The maximum Gasteiger partial charge on any atom is 0.273 e. The zero-order valence-electron chi connectivity index (χ0n) is 12.7. The largest absolute Gasteiger partial charge is 0.337 e. The Bertz CT molecular complexity index is 729. The Balaban J connectivity index is 1.57. The van der Waals surface area contributed by atoms with Crippen LogP contribution in [0.4, 0.5) is 0 Å². The predicted octanol–water partition coefficient (Wildman–Crippen LogP) is 2.65. The SMILES string of the molecule is NC1CCC2CN(C(=O)c3[nH]nc(-c4ccccc4)c3Br)CC12. The number of aromatic nitrogens is 2. The Morgan fingerprint density at radius 1 is 1.26 bits per heavy atom. The van der Waals surface area contributed by atoms with Crippen molar-refractivity contribution in [3.05, 3.63) is 40.5 Å². The minimum atomic E-state index is 0.00755. The van der Waals surface area contributed by atoms with E-state index in [1.165, 1.54) is 0 Å². The van der Waals surface area contributed by atoms with Gasteiger partial charge in [-0.15, -0.1) is 0 Å². The summed E-state index contributed by atoms with van der Waals surface area (Å²) in [5.41, 5.74) is 8.44. The van der Waals surface area contributed by atoms with Gasteiger partial charge >= 0.3 is 0 Å². The first kappa shape index (κ1) is 14.9. The van der Waals surface area contributed by atoms with Crippen molar-refractivity contribution < 1.29 is 4.79 Å². The second-order valence-corrected chi connectivity index (χ2v) is 7.30. The number of hydrogen-bond acceptors (Lipinski definition) is 3. The fourth-order valence-corrected chi connectivity index (χ4v) is 4.46. The van der Waals surface area contributed by atoms with Crippen LogP contribution in [-0.4, -0.2) is 40.1 Å². The van der Waals surface area contributed by atoms with Crippen LogP contribution in [0.5, 0.6) is 0 Å². The number of carbonyl (C=O) groups is 1. The van der Waals surface area contributed by atoms with E-state index >= 15 is 0 Å². The number of nitrogens with two attached hydrogens (primary N) is 1. The molecule has 1 amide bonds. The van der Waals surface area contributed by atoms with Gasteiger partial charge in [-0.05, 0) is 40.6 Å². The van der Waals surface area contributed by atoms with Gasteiger partial charge in [-0.25, -0.2) is 0 Å². The molecular formula is C17H19BrN4O. The Kier molecular flexibility index (Phi) is 3.73. The summed E-state index contributed by atoms with van der Waals surface area (Å²) in [5.74, 6) is 1.02. The number of carbonyl (C=O) groups excluding carboxylic acids is 1. The van der Waals surface area contributed by atoms with E-state index in [0.717, 1.165) is 41.7 Å². The van der Waals surface area contributed by atoms with Gasteiger partial charge in [-0.1, -0.05) is 30.3 Å². The van der Waals surface area contributed by atoms with Crippen molar-refractivity contribution in [3.63, 3.8) is 0 Å². The molecule has 1 aromatic heterocycles. The van der Waals surface area contributed by atoms with E-state index in [1.54, 1.807) is 0 Å². The first-order valence-corrected chi connectivity index (χ1v) is 8.78. The summed E-state index contributed by atoms with van der Waals surface area (Å²) in [6.45, 7) is 1.57. The third kappa shape index (κ3) is 2.50. The van der Waals surface area contributed by atoms with E-state index in [-0.39, 0.29) is 11.9 Å². The molecule has 3 atom stereocenters. The minimum Gasteiger partial charge on any atom is -0.337 e. The first-order chi connectivity index (χ1) is 11.1. The lowest BCUT2D eigenvalue weighted by Crippen LogP contribution is -2.33. The van der Waals surface area contributed by atoms with Crippen molar-refractivity contribution in [2.75, 3.05) is 13.1 Å². The van der Waals surface area contributed by atoms with E-state index in [2.05, 4.69) is 26.1 Å². The molecule has 3 N–H and O–H groups in total. The molecule has 2 heterocycles. The molecule has 23 heavy (non-hydrogen) atoms. The molecule has 2 aromatic rings. The number of benzene rings is 1. The lowest BCUT2D eigenvalue weighted by molar-refractivity contribution is 0.0773. The molecule has 0 bridgehead atoms. The summed E-state index contributed by atoms with van der Waals surface area (Å²) in [4.78, 5) is 14.8. The number of fused-ring (bicyclic) bond motifs is 1. The smallest absolute Gasteiger partial charge is 0.273 e. The molecule has 0 radical (unpaired) electrons. The highest BCUT2D eigenvalue weighted by atomic mass is 79.9. The van der Waals surface area contributed by atoms with Crippen LogP contribution in [0, 0.1) is 11.8 Å². The Labute approximate surface area is 143 Å². The Morgan fingerprint density at radius 3 is 2.78 bits per heavy atom. The average Bonchev–Trinajstić information content (AvgIpc) is 3.24. The quantitative estimate of drug-likeness (QED) is 0.848. The number of rotatable bonds is 2. The van der Waals surface area contributed by atoms with Gasteiger partial charge in [0.2, 0.25) is 0 Å². The van der Waals surface area contributed by atoms with Crippen LogP contribution in [0.15, 0.2) is 34.8 Å². The van der Waals surface area contributed by atoms with Gasteiger partial charge in [-0.2, -0.15) is 5.10 Å². The highest BCUT2D eigenvalue weighted by Crippen LogP contribution is 2.38. The number of nitrogens with zero attached hydrogens (tertiary/aromatic N) is 2. The zero-order chi connectivity index (χ0) is 16.0. The van der Waals surface area contributed by atoms with Crippen LogP contribution in [0.1, 0.15) is 23.3 Å². The van der Waals surface area contributed by atoms with Gasteiger partial charge in [0.05, 0.1) is 4.47 Å². The predicted molar refractivity (Wildman–Crippen MR) is 91.8 cm³/mol. The Morgan fingerprint density at radius 2 is 2.04 bits per heavy atom. The van der Waals surface area contributed by atoms with Crippen molar-refractivity contribution in [2.24, 2.45) is 17.6 Å². The molecule has 0 spiro atoms. The number of likely N-dealkylation sites (tertiary alicyclic amines) is 1. The number of H-pyrrole nitrogens is 1. The second kappa shape index (κ2) is 5.76. The van der Waals surface area contributed by atoms with Crippen LogP contribution in [0.25, 0.3) is 11.3 Å². The fourth-order valence-electron chi connectivity index (χ4n) is 3.89. The lowest BCUT2D eigenvalue weighted by Gasteiger charge is -2.18. The molecule has 5 nitrogen and oxygen atoms in total. The molecule has 4 rings (SSSR count). The van der Waals surface area contributed by atoms with Crippen molar-refractivity contribution in [1.82, 2.24) is 15.1 Å². The van der Waals surface area contributed by atoms with Crippen LogP contribution in [0.3, 0.4) is 0 Å². The highest BCUT2D eigenvalue weighted by Gasteiger charge is 2.43. The van der Waals surface area contributed by atoms with Gasteiger partial charge in [-0.3, -0.25) is 9.89 Å². The van der Waals surface area contributed by atoms with Crippen LogP contribution >= 0.6 is 15.9 Å². The van der Waals surface area contributed by atoms with Crippen LogP contribution in [-0.2, 0) is 0 Å². The van der Waals surface area contributed by atoms with E-state index in [9.17, 15) is 4.79 Å². The molecule has 1 aliphatic heterocycles. The molecular weight excluding hydrogens is 356 g/mol. The zero-order valence-corrected chi connectivity index (χ0v) is 14.3. The summed E-state index contributed by atoms with van der Waals surface area (Å²) in [6, 6.07) is 10.1. The maximum atomic E-state index is 12.8. The molecule has 120 valence electrons. The van der Waals surface area contributed by atoms with Gasteiger partial charge < -0.3 is 10.6 Å². The van der Waals surface area contributed by atoms with Crippen LogP contribution < -0.4 is 5.73 Å². The van der Waals surface area contributed by atoms with E-state index < -0.39 is 0 Å². The summed E-state index contributed by atoms with van der Waals surface area (Å²) < 4.78 is 0.732. The van der Waals surface area contributed by atoms with Gasteiger partial charge in [0.15, 0.2) is 0 Å². The molecule has 1 saturated heterocycles. The first-order valence-electron chi connectivity index (χ1n) is 7.99. The third-order valence-corrected chi connectivity index (χ3v) is 5.94. The van der Waals surface area contributed by atoms with E-state index in [4.69, 9.17) is 5.73 Å². The van der Waals surface area contributed by atoms with E-state index in [1.807, 2.05) is 35.2 Å². The molecule has 6 heteroatoms. The standard InChI is InChI=1S/C17H19BrN4O/c18-14-15(10-4-2-1-3-5-10)20-21-16(14)17(23)22-8-11-6-7-13(19)12(11)9-22/h1-5,11-13H,6-9,19H2,(H,20,21). The number of halogens is 1. The van der Waals surface area contributed by atoms with Crippen molar-refractivity contribution in [2.45, 2.75) is 18.9 Å².